The molecule has 0 saturated carbocycles. The summed E-state index contributed by atoms with van der Waals surface area (Å²) in [6.45, 7) is 0.197. The van der Waals surface area contributed by atoms with Crippen molar-refractivity contribution in [1.82, 2.24) is 10.8 Å². The molecule has 0 radical (unpaired) electrons. The highest BCUT2D eigenvalue weighted by Gasteiger charge is 1.99. The van der Waals surface area contributed by atoms with Gasteiger partial charge in [-0.05, 0) is 0 Å². The molecule has 62 valence electrons. The van der Waals surface area contributed by atoms with Crippen molar-refractivity contribution >= 4 is 18.8 Å². The van der Waals surface area contributed by atoms with Crippen LogP contribution in [0.2, 0.25) is 0 Å². The van der Waals surface area contributed by atoms with E-state index in [-0.39, 0.29) is 19.4 Å². The molecule has 11 heavy (non-hydrogen) atoms. The molecule has 0 saturated heterocycles. The number of carbonyl (C=O) groups is 3. The largest absolute Gasteiger partial charge is 0.358 e. The standard InChI is InChI=1S/C5H8N2O4/c8-3-6-2-1-5(10)11-7-4-9/h3-4H,1-2H2,(H,6,8)(H,7,9). The first-order valence-corrected chi connectivity index (χ1v) is 2.87. The van der Waals surface area contributed by atoms with Gasteiger partial charge in [0, 0.05) is 6.54 Å². The second-order valence-electron chi connectivity index (χ2n) is 1.53. The first-order valence-electron chi connectivity index (χ1n) is 2.87. The Labute approximate surface area is 62.9 Å². The summed E-state index contributed by atoms with van der Waals surface area (Å²) in [5.41, 5.74) is 1.73. The van der Waals surface area contributed by atoms with Crippen molar-refractivity contribution in [2.45, 2.75) is 6.42 Å². The lowest BCUT2D eigenvalue weighted by molar-refractivity contribution is -0.154. The molecule has 0 heterocycles. The van der Waals surface area contributed by atoms with E-state index in [1.165, 1.54) is 0 Å². The molecule has 0 spiro atoms. The summed E-state index contributed by atoms with van der Waals surface area (Å²) in [6.07, 6.45) is 0.741. The van der Waals surface area contributed by atoms with E-state index in [1.54, 1.807) is 5.48 Å². The average molecular weight is 160 g/mol. The van der Waals surface area contributed by atoms with E-state index in [1.807, 2.05) is 0 Å². The van der Waals surface area contributed by atoms with Crippen molar-refractivity contribution in [1.29, 1.82) is 0 Å². The van der Waals surface area contributed by atoms with Gasteiger partial charge >= 0.3 is 5.97 Å². The molecule has 6 heteroatoms. The fourth-order valence-corrected chi connectivity index (χ4v) is 0.374. The van der Waals surface area contributed by atoms with E-state index >= 15 is 0 Å². The Bertz CT molecular complexity index is 147. The minimum atomic E-state index is -0.605. The van der Waals surface area contributed by atoms with Crippen LogP contribution in [0.4, 0.5) is 0 Å². The lowest BCUT2D eigenvalue weighted by Crippen LogP contribution is -2.22. The van der Waals surface area contributed by atoms with Gasteiger partial charge in [0.25, 0.3) is 0 Å². The highest BCUT2D eigenvalue weighted by Crippen LogP contribution is 1.78. The number of hydroxylamine groups is 1. The first-order chi connectivity index (χ1) is 5.31. The summed E-state index contributed by atoms with van der Waals surface area (Å²) in [4.78, 5) is 33.8. The Kier molecular flexibility index (Phi) is 5.59. The maximum Gasteiger partial charge on any atom is 0.333 e. The van der Waals surface area contributed by atoms with Crippen LogP contribution in [-0.2, 0) is 19.2 Å². The third-order valence-electron chi connectivity index (χ3n) is 0.778. The minimum absolute atomic E-state index is 0.0274. The van der Waals surface area contributed by atoms with Crippen LogP contribution in [0.1, 0.15) is 6.42 Å². The number of hydrogen-bond acceptors (Lipinski definition) is 4. The van der Waals surface area contributed by atoms with Crippen LogP contribution in [0.5, 0.6) is 0 Å². The van der Waals surface area contributed by atoms with E-state index in [9.17, 15) is 14.4 Å². The van der Waals surface area contributed by atoms with Gasteiger partial charge in [0.1, 0.15) is 0 Å². The normalized spacial score (nSPS) is 8.00. The zero-order valence-electron chi connectivity index (χ0n) is 5.70. The van der Waals surface area contributed by atoms with E-state index in [4.69, 9.17) is 0 Å². The summed E-state index contributed by atoms with van der Waals surface area (Å²) in [5.74, 6) is -0.605. The molecule has 2 N–H and O–H groups in total. The summed E-state index contributed by atoms with van der Waals surface area (Å²) >= 11 is 0. The van der Waals surface area contributed by atoms with Gasteiger partial charge in [0.2, 0.25) is 12.8 Å². The predicted molar refractivity (Wildman–Crippen MR) is 34.0 cm³/mol. The Morgan fingerprint density at radius 2 is 2.09 bits per heavy atom. The van der Waals surface area contributed by atoms with Gasteiger partial charge in [-0.2, -0.15) is 5.48 Å². The number of nitrogens with one attached hydrogen (secondary N) is 2. The van der Waals surface area contributed by atoms with Crippen molar-refractivity contribution < 1.29 is 19.2 Å². The van der Waals surface area contributed by atoms with Crippen molar-refractivity contribution in [3.05, 3.63) is 0 Å². The van der Waals surface area contributed by atoms with Crippen LogP contribution in [0.3, 0.4) is 0 Å². The van der Waals surface area contributed by atoms with E-state index in [0.29, 0.717) is 6.41 Å². The SMILES string of the molecule is O=CNCCC(=O)ONC=O. The number of carbonyl (C=O) groups excluding carboxylic acids is 3. The lowest BCUT2D eigenvalue weighted by atomic mass is 10.4. The quantitative estimate of drug-likeness (QED) is 0.276. The summed E-state index contributed by atoms with van der Waals surface area (Å²) in [6, 6.07) is 0. The molecule has 0 aliphatic carbocycles. The molecule has 2 amide bonds. The molecule has 0 unspecified atom stereocenters. The maximum absolute atomic E-state index is 10.5. The van der Waals surface area contributed by atoms with Gasteiger partial charge in [-0.25, -0.2) is 4.79 Å². The summed E-state index contributed by atoms with van der Waals surface area (Å²) in [7, 11) is 0. The number of rotatable bonds is 6. The van der Waals surface area contributed by atoms with Crippen LogP contribution < -0.4 is 10.8 Å². The highest BCUT2D eigenvalue weighted by molar-refractivity contribution is 5.70. The monoisotopic (exact) mass is 160 g/mol. The first kappa shape index (κ1) is 9.41. The molecular weight excluding hydrogens is 152 g/mol. The van der Waals surface area contributed by atoms with Gasteiger partial charge in [-0.3, -0.25) is 9.59 Å². The minimum Gasteiger partial charge on any atom is -0.358 e. The Hall–Kier alpha value is -1.59. The van der Waals surface area contributed by atoms with Crippen LogP contribution in [0, 0.1) is 0 Å². The van der Waals surface area contributed by atoms with Gasteiger partial charge in [0.15, 0.2) is 0 Å². The number of amides is 2. The fourth-order valence-electron chi connectivity index (χ4n) is 0.374. The van der Waals surface area contributed by atoms with Gasteiger partial charge < -0.3 is 10.2 Å². The van der Waals surface area contributed by atoms with Gasteiger partial charge in [0.05, 0.1) is 6.42 Å². The molecule has 0 rings (SSSR count). The smallest absolute Gasteiger partial charge is 0.333 e. The van der Waals surface area contributed by atoms with Crippen molar-refractivity contribution in [3.8, 4) is 0 Å². The number of hydrogen-bond donors (Lipinski definition) is 2. The molecule has 6 nitrogen and oxygen atoms in total. The molecule has 0 aromatic carbocycles. The van der Waals surface area contributed by atoms with E-state index in [2.05, 4.69) is 10.2 Å². The molecule has 0 aromatic heterocycles. The van der Waals surface area contributed by atoms with Gasteiger partial charge in [-0.1, -0.05) is 0 Å². The lowest BCUT2D eigenvalue weighted by Gasteiger charge is -1.98. The molecule has 0 fully saturated rings. The Balaban J connectivity index is 3.21. The predicted octanol–water partition coefficient (Wildman–Crippen LogP) is -1.67. The van der Waals surface area contributed by atoms with Gasteiger partial charge in [-0.15, -0.1) is 0 Å². The molecule has 0 aromatic rings. The second-order valence-corrected chi connectivity index (χ2v) is 1.53. The summed E-state index contributed by atoms with van der Waals surface area (Å²) < 4.78 is 0. The molecule has 0 bridgehead atoms. The fraction of sp³-hybridized carbons (Fsp3) is 0.400. The zero-order valence-corrected chi connectivity index (χ0v) is 5.70. The van der Waals surface area contributed by atoms with Crippen molar-refractivity contribution in [2.24, 2.45) is 0 Å². The second kappa shape index (κ2) is 6.53. The molecular formula is C5H8N2O4. The molecule has 0 aliphatic rings. The van der Waals surface area contributed by atoms with Crippen molar-refractivity contribution in [3.63, 3.8) is 0 Å². The highest BCUT2D eigenvalue weighted by atomic mass is 16.7. The van der Waals surface area contributed by atoms with Crippen LogP contribution >= 0.6 is 0 Å². The van der Waals surface area contributed by atoms with Crippen LogP contribution in [0.15, 0.2) is 0 Å². The summed E-state index contributed by atoms with van der Waals surface area (Å²) in [5, 5.41) is 2.26. The van der Waals surface area contributed by atoms with E-state index < -0.39 is 5.97 Å². The topological polar surface area (TPSA) is 84.5 Å². The molecule has 0 atom stereocenters. The van der Waals surface area contributed by atoms with E-state index in [0.717, 1.165) is 0 Å². The average Bonchev–Trinajstić information content (AvgIpc) is 2.01. The zero-order chi connectivity index (χ0) is 8.53. The third kappa shape index (κ3) is 6.29. The Morgan fingerprint density at radius 3 is 2.64 bits per heavy atom. The van der Waals surface area contributed by atoms with Crippen molar-refractivity contribution in [2.75, 3.05) is 6.54 Å². The Morgan fingerprint density at radius 1 is 1.36 bits per heavy atom. The maximum atomic E-state index is 10.5. The third-order valence-corrected chi connectivity index (χ3v) is 0.778. The van der Waals surface area contributed by atoms with Crippen LogP contribution in [0.25, 0.3) is 0 Å². The molecule has 0 aliphatic heterocycles. The van der Waals surface area contributed by atoms with Crippen LogP contribution in [-0.4, -0.2) is 25.3 Å².